The van der Waals surface area contributed by atoms with Crippen LogP contribution in [-0.2, 0) is 32.7 Å². The Morgan fingerprint density at radius 1 is 0.466 bits per heavy atom. The number of unbranched alkanes of at least 4 members (excludes halogenated alkanes) is 27. The number of carbonyl (C=O) groups excluding carboxylic acids is 2. The van der Waals surface area contributed by atoms with Crippen molar-refractivity contribution in [3.8, 4) is 0 Å². The van der Waals surface area contributed by atoms with Gasteiger partial charge in [0.2, 0.25) is 0 Å². The normalized spacial score (nSPS) is 13.9. The molecule has 0 rings (SSSR count). The molecule has 342 valence electrons. The zero-order chi connectivity index (χ0) is 42.6. The van der Waals surface area contributed by atoms with Gasteiger partial charge in [-0.05, 0) is 44.9 Å². The first-order valence-corrected chi connectivity index (χ1v) is 25.3. The molecule has 0 spiro atoms. The molecule has 3 atom stereocenters. The smallest absolute Gasteiger partial charge is 0.457 e. The minimum absolute atomic E-state index is 0.189. The van der Waals surface area contributed by atoms with Crippen molar-refractivity contribution >= 4 is 19.8 Å². The minimum atomic E-state index is -4.64. The highest BCUT2D eigenvalue weighted by Gasteiger charge is 2.27. The van der Waals surface area contributed by atoms with Crippen LogP contribution in [0.3, 0.4) is 0 Å². The summed E-state index contributed by atoms with van der Waals surface area (Å²) in [6.07, 6.45) is 44.3. The first-order valence-electron chi connectivity index (χ1n) is 23.8. The fraction of sp³-hybridized carbons (Fsp3) is 0.872. The van der Waals surface area contributed by atoms with E-state index in [2.05, 4.69) is 38.2 Å². The SMILES string of the molecule is CCCCC/C=C\C/C=C\CCCCCCCCCCCC(=O)OC(CO)COP(=O)(O)OCC(CO)OC(=O)CCCCCCCCCCCCCCCCCC. The van der Waals surface area contributed by atoms with Crippen LogP contribution in [0.2, 0.25) is 0 Å². The van der Waals surface area contributed by atoms with Gasteiger partial charge in [-0.1, -0.05) is 192 Å². The van der Waals surface area contributed by atoms with E-state index >= 15 is 0 Å². The summed E-state index contributed by atoms with van der Waals surface area (Å²) in [7, 11) is -4.64. The molecular formula is C47H89O10P. The van der Waals surface area contributed by atoms with Gasteiger partial charge >= 0.3 is 19.8 Å². The fourth-order valence-electron chi connectivity index (χ4n) is 6.73. The lowest BCUT2D eigenvalue weighted by atomic mass is 10.0. The lowest BCUT2D eigenvalue weighted by Gasteiger charge is -2.20. The van der Waals surface area contributed by atoms with Gasteiger partial charge in [0, 0.05) is 12.8 Å². The maximum Gasteiger partial charge on any atom is 0.472 e. The number of hydrogen-bond acceptors (Lipinski definition) is 9. The van der Waals surface area contributed by atoms with Crippen LogP contribution in [0.4, 0.5) is 0 Å². The summed E-state index contributed by atoms with van der Waals surface area (Å²) in [5, 5.41) is 19.2. The summed E-state index contributed by atoms with van der Waals surface area (Å²) >= 11 is 0. The van der Waals surface area contributed by atoms with Crippen LogP contribution in [0.1, 0.15) is 226 Å². The molecule has 3 N–H and O–H groups in total. The van der Waals surface area contributed by atoms with Crippen molar-refractivity contribution in [1.29, 1.82) is 0 Å². The summed E-state index contributed by atoms with van der Waals surface area (Å²) in [6.45, 7) is 2.22. The molecule has 0 aromatic carbocycles. The van der Waals surface area contributed by atoms with Crippen molar-refractivity contribution in [2.75, 3.05) is 26.4 Å². The molecule has 3 unspecified atom stereocenters. The van der Waals surface area contributed by atoms with E-state index in [9.17, 15) is 29.3 Å². The lowest BCUT2D eigenvalue weighted by Crippen LogP contribution is -2.28. The topological polar surface area (TPSA) is 149 Å². The van der Waals surface area contributed by atoms with Crippen LogP contribution < -0.4 is 0 Å². The van der Waals surface area contributed by atoms with E-state index in [1.807, 2.05) is 0 Å². The van der Waals surface area contributed by atoms with Crippen LogP contribution in [0.25, 0.3) is 0 Å². The Labute approximate surface area is 355 Å². The molecule has 0 aliphatic carbocycles. The Morgan fingerprint density at radius 3 is 1.10 bits per heavy atom. The van der Waals surface area contributed by atoms with Gasteiger partial charge in [-0.3, -0.25) is 18.6 Å². The molecule has 0 aliphatic heterocycles. The van der Waals surface area contributed by atoms with Gasteiger partial charge in [0.1, 0.15) is 12.2 Å². The molecule has 0 aromatic rings. The average Bonchev–Trinajstić information content (AvgIpc) is 3.21. The number of rotatable bonds is 45. The van der Waals surface area contributed by atoms with Gasteiger partial charge in [-0.25, -0.2) is 4.57 Å². The quantitative estimate of drug-likeness (QED) is 0.0234. The van der Waals surface area contributed by atoms with Crippen LogP contribution >= 0.6 is 7.82 Å². The maximum absolute atomic E-state index is 12.4. The molecule has 0 saturated carbocycles. The molecule has 0 fully saturated rings. The van der Waals surface area contributed by atoms with E-state index in [1.54, 1.807) is 0 Å². The van der Waals surface area contributed by atoms with Crippen molar-refractivity contribution in [3.63, 3.8) is 0 Å². The molecule has 0 bridgehead atoms. The number of phosphoric ester groups is 1. The summed E-state index contributed by atoms with van der Waals surface area (Å²) in [4.78, 5) is 34.6. The van der Waals surface area contributed by atoms with Gasteiger partial charge in [-0.2, -0.15) is 0 Å². The summed E-state index contributed by atoms with van der Waals surface area (Å²) in [5.41, 5.74) is 0. The molecule has 0 heterocycles. The molecule has 0 aromatic heterocycles. The summed E-state index contributed by atoms with van der Waals surface area (Å²) in [6, 6.07) is 0. The second-order valence-corrected chi connectivity index (χ2v) is 17.6. The molecule has 0 radical (unpaired) electrons. The molecule has 11 heteroatoms. The predicted molar refractivity (Wildman–Crippen MR) is 238 cm³/mol. The van der Waals surface area contributed by atoms with Gasteiger partial charge in [0.15, 0.2) is 0 Å². The monoisotopic (exact) mass is 845 g/mol. The molecule has 0 saturated heterocycles. The number of hydrogen-bond donors (Lipinski definition) is 3. The van der Waals surface area contributed by atoms with E-state index < -0.39 is 58.4 Å². The fourth-order valence-corrected chi connectivity index (χ4v) is 7.52. The average molecular weight is 845 g/mol. The Balaban J connectivity index is 3.86. The standard InChI is InChI=1S/C47H89O10P/c1-3-5-7-9-11-13-15-17-19-21-22-23-25-27-29-31-33-35-37-39-47(51)57-45(41-49)43-55-58(52,53)54-42-44(40-48)56-46(50)38-36-34-32-30-28-26-24-20-18-16-14-12-10-8-6-4-2/h11,13,17,19,44-45,48-49H,3-10,12,14-16,18,20-43H2,1-2H3,(H,52,53)/b13-11-,19-17-. The molecule has 0 amide bonds. The number of allylic oxidation sites excluding steroid dienone is 4. The predicted octanol–water partition coefficient (Wildman–Crippen LogP) is 13.0. The third-order valence-electron chi connectivity index (χ3n) is 10.4. The number of carbonyl (C=O) groups is 2. The lowest BCUT2D eigenvalue weighted by molar-refractivity contribution is -0.153. The van der Waals surface area contributed by atoms with Crippen molar-refractivity contribution in [1.82, 2.24) is 0 Å². The van der Waals surface area contributed by atoms with Crippen molar-refractivity contribution < 1.29 is 47.8 Å². The Morgan fingerprint density at radius 2 is 0.759 bits per heavy atom. The maximum atomic E-state index is 12.4. The van der Waals surface area contributed by atoms with Crippen molar-refractivity contribution in [2.45, 2.75) is 238 Å². The largest absolute Gasteiger partial charge is 0.472 e. The highest BCUT2D eigenvalue weighted by Crippen LogP contribution is 2.43. The number of aliphatic hydroxyl groups is 2. The van der Waals surface area contributed by atoms with Gasteiger partial charge < -0.3 is 24.6 Å². The van der Waals surface area contributed by atoms with Crippen LogP contribution in [-0.4, -0.2) is 65.7 Å². The molecule has 10 nitrogen and oxygen atoms in total. The van der Waals surface area contributed by atoms with Crippen LogP contribution in [0.15, 0.2) is 24.3 Å². The summed E-state index contributed by atoms with van der Waals surface area (Å²) in [5.74, 6) is -1.01. The summed E-state index contributed by atoms with van der Waals surface area (Å²) < 4.78 is 32.7. The van der Waals surface area contributed by atoms with Gasteiger partial charge in [0.25, 0.3) is 0 Å². The third kappa shape index (κ3) is 41.2. The Kier molecular flexibility index (Phi) is 42.4. The molecule has 0 aliphatic rings. The second-order valence-electron chi connectivity index (χ2n) is 16.1. The van der Waals surface area contributed by atoms with E-state index in [1.165, 1.54) is 135 Å². The number of esters is 2. The van der Waals surface area contributed by atoms with E-state index in [4.69, 9.17) is 18.5 Å². The van der Waals surface area contributed by atoms with Crippen molar-refractivity contribution in [2.24, 2.45) is 0 Å². The third-order valence-corrected chi connectivity index (χ3v) is 11.4. The number of phosphoric acid groups is 1. The van der Waals surface area contributed by atoms with Crippen LogP contribution in [0.5, 0.6) is 0 Å². The van der Waals surface area contributed by atoms with Gasteiger partial charge in [-0.15, -0.1) is 0 Å². The zero-order valence-electron chi connectivity index (χ0n) is 37.3. The molecule has 58 heavy (non-hydrogen) atoms. The van der Waals surface area contributed by atoms with E-state index in [0.29, 0.717) is 12.8 Å². The zero-order valence-corrected chi connectivity index (χ0v) is 38.2. The number of ether oxygens (including phenoxy) is 2. The number of aliphatic hydroxyl groups excluding tert-OH is 2. The van der Waals surface area contributed by atoms with Crippen LogP contribution in [0, 0.1) is 0 Å². The van der Waals surface area contributed by atoms with E-state index in [-0.39, 0.29) is 12.8 Å². The van der Waals surface area contributed by atoms with Gasteiger partial charge in [0.05, 0.1) is 26.4 Å². The molecular weight excluding hydrogens is 755 g/mol. The first kappa shape index (κ1) is 56.5. The van der Waals surface area contributed by atoms with Crippen molar-refractivity contribution in [3.05, 3.63) is 24.3 Å². The first-order chi connectivity index (χ1) is 28.3. The highest BCUT2D eigenvalue weighted by atomic mass is 31.2. The second kappa shape index (κ2) is 43.5. The van der Waals surface area contributed by atoms with E-state index in [0.717, 1.165) is 51.4 Å². The Bertz CT molecular complexity index is 1020. The highest BCUT2D eigenvalue weighted by molar-refractivity contribution is 7.47. The minimum Gasteiger partial charge on any atom is -0.457 e. The Hall–Kier alpha value is -1.55.